The molecule has 186 valence electrons. The first-order valence-electron chi connectivity index (χ1n) is 11.9. The van der Waals surface area contributed by atoms with Crippen LogP contribution in [-0.2, 0) is 14.3 Å². The summed E-state index contributed by atoms with van der Waals surface area (Å²) in [6, 6.07) is 18.4. The quantitative estimate of drug-likeness (QED) is 0.400. The van der Waals surface area contributed by atoms with Crippen molar-refractivity contribution in [3.63, 3.8) is 0 Å². The fraction of sp³-hybridized carbons (Fsp3) is 0.241. The molecule has 2 saturated heterocycles. The molecule has 0 aromatic heterocycles. The molecule has 8 heteroatoms. The molecule has 2 heterocycles. The Morgan fingerprint density at radius 2 is 1.46 bits per heavy atom. The van der Waals surface area contributed by atoms with Crippen LogP contribution in [-0.4, -0.2) is 43.2 Å². The molecule has 6 rings (SSSR count). The van der Waals surface area contributed by atoms with Crippen LogP contribution in [0.1, 0.15) is 37.9 Å². The first-order valence-corrected chi connectivity index (χ1v) is 11.9. The van der Waals surface area contributed by atoms with E-state index in [2.05, 4.69) is 0 Å². The number of methoxy groups -OCH3 is 2. The van der Waals surface area contributed by atoms with E-state index in [9.17, 15) is 19.2 Å². The molecule has 2 fully saturated rings. The van der Waals surface area contributed by atoms with Crippen molar-refractivity contribution in [3.05, 3.63) is 89.0 Å². The molecule has 8 nitrogen and oxygen atoms in total. The average Bonchev–Trinajstić information content (AvgIpc) is 3.48. The van der Waals surface area contributed by atoms with Gasteiger partial charge in [-0.25, -0.2) is 4.90 Å². The minimum Gasteiger partial charge on any atom is -0.497 e. The number of aryl methyl sites for hydroxylation is 1. The number of hydrogen-bond acceptors (Lipinski definition) is 7. The van der Waals surface area contributed by atoms with Crippen molar-refractivity contribution < 1.29 is 33.4 Å². The highest BCUT2D eigenvalue weighted by Crippen LogP contribution is 2.58. The van der Waals surface area contributed by atoms with Crippen LogP contribution < -0.4 is 14.4 Å². The molecule has 2 amide bonds. The van der Waals surface area contributed by atoms with Crippen LogP contribution in [0.15, 0.2) is 66.7 Å². The molecular formula is C29H23NO7. The number of ketones is 2. The largest absolute Gasteiger partial charge is 0.497 e. The Bertz CT molecular complexity index is 1460. The van der Waals surface area contributed by atoms with E-state index in [0.717, 1.165) is 10.5 Å². The number of amides is 2. The summed E-state index contributed by atoms with van der Waals surface area (Å²) in [5.74, 6) is -4.11. The number of hydrogen-bond donors (Lipinski definition) is 0. The van der Waals surface area contributed by atoms with Gasteiger partial charge in [-0.05, 0) is 24.6 Å². The Kier molecular flexibility index (Phi) is 5.07. The fourth-order valence-corrected chi connectivity index (χ4v) is 5.78. The highest BCUT2D eigenvalue weighted by Gasteiger charge is 2.74. The van der Waals surface area contributed by atoms with Crippen molar-refractivity contribution in [1.82, 2.24) is 0 Å². The first-order chi connectivity index (χ1) is 17.8. The molecule has 37 heavy (non-hydrogen) atoms. The summed E-state index contributed by atoms with van der Waals surface area (Å²) < 4.78 is 17.0. The van der Waals surface area contributed by atoms with Crippen LogP contribution in [0.25, 0.3) is 0 Å². The maximum Gasteiger partial charge on any atom is 0.241 e. The number of Topliss-reactive ketones (excluding diaryl/α,β-unsaturated/α-hetero) is 2. The van der Waals surface area contributed by atoms with Gasteiger partial charge in [0.05, 0.1) is 37.8 Å². The first kappa shape index (κ1) is 23.1. The number of imide groups is 1. The average molecular weight is 498 g/mol. The monoisotopic (exact) mass is 497 g/mol. The number of benzene rings is 3. The van der Waals surface area contributed by atoms with Crippen molar-refractivity contribution in [2.75, 3.05) is 19.1 Å². The summed E-state index contributed by atoms with van der Waals surface area (Å²) >= 11 is 0. The van der Waals surface area contributed by atoms with E-state index in [1.807, 2.05) is 19.1 Å². The highest BCUT2D eigenvalue weighted by molar-refractivity contribution is 6.37. The molecule has 0 radical (unpaired) electrons. The van der Waals surface area contributed by atoms with Gasteiger partial charge < -0.3 is 14.2 Å². The lowest BCUT2D eigenvalue weighted by Crippen LogP contribution is -2.51. The third-order valence-electron chi connectivity index (χ3n) is 7.55. The zero-order chi connectivity index (χ0) is 26.1. The van der Waals surface area contributed by atoms with Gasteiger partial charge in [0.1, 0.15) is 11.5 Å². The molecule has 3 aromatic rings. The van der Waals surface area contributed by atoms with E-state index >= 15 is 0 Å². The molecule has 3 aliphatic rings. The maximum atomic E-state index is 14.1. The number of rotatable bonds is 4. The second-order valence-corrected chi connectivity index (χ2v) is 9.44. The lowest BCUT2D eigenvalue weighted by molar-refractivity contribution is -0.127. The van der Waals surface area contributed by atoms with Crippen LogP contribution in [0.2, 0.25) is 0 Å². The molecule has 3 aromatic carbocycles. The number of fused-ring (bicyclic) bond motifs is 3. The predicted octanol–water partition coefficient (Wildman–Crippen LogP) is 3.71. The normalized spacial score (nSPS) is 23.5. The smallest absolute Gasteiger partial charge is 0.241 e. The summed E-state index contributed by atoms with van der Waals surface area (Å²) in [6.45, 7) is 1.92. The van der Waals surface area contributed by atoms with Gasteiger partial charge in [0.2, 0.25) is 29.0 Å². The molecule has 3 atom stereocenters. The molecule has 0 unspecified atom stereocenters. The van der Waals surface area contributed by atoms with Crippen LogP contribution in [0.4, 0.5) is 5.69 Å². The Balaban J connectivity index is 1.54. The van der Waals surface area contributed by atoms with Gasteiger partial charge in [-0.3, -0.25) is 19.2 Å². The van der Waals surface area contributed by atoms with E-state index in [-0.39, 0.29) is 22.6 Å². The summed E-state index contributed by atoms with van der Waals surface area (Å²) in [5.41, 5.74) is 0.0741. The van der Waals surface area contributed by atoms with Crippen LogP contribution >= 0.6 is 0 Å². The van der Waals surface area contributed by atoms with Gasteiger partial charge in [0, 0.05) is 17.2 Å². The lowest BCUT2D eigenvalue weighted by Gasteiger charge is -2.27. The molecule has 1 aliphatic carbocycles. The van der Waals surface area contributed by atoms with Gasteiger partial charge in [0.25, 0.3) is 0 Å². The SMILES string of the molecule is COc1ccc(N2C(=O)[C@@H]3[C@@H](c4ccc(C)cc4)OC4(C(=O)c5ccccc5C4=O)[C@H]3C2=O)c(OC)c1. The predicted molar refractivity (Wildman–Crippen MR) is 132 cm³/mol. The molecule has 0 bridgehead atoms. The van der Waals surface area contributed by atoms with Crippen molar-refractivity contribution in [2.45, 2.75) is 18.6 Å². The van der Waals surface area contributed by atoms with Crippen LogP contribution in [0.3, 0.4) is 0 Å². The summed E-state index contributed by atoms with van der Waals surface area (Å²) in [5, 5.41) is 0. The Morgan fingerprint density at radius 1 is 0.811 bits per heavy atom. The minimum absolute atomic E-state index is 0.191. The van der Waals surface area contributed by atoms with Crippen molar-refractivity contribution in [2.24, 2.45) is 11.8 Å². The molecular weight excluding hydrogens is 474 g/mol. The van der Waals surface area contributed by atoms with Gasteiger partial charge in [0.15, 0.2) is 0 Å². The summed E-state index contributed by atoms with van der Waals surface area (Å²) in [4.78, 5) is 56.8. The number of ether oxygens (including phenoxy) is 3. The number of nitrogens with zero attached hydrogens (tertiary/aromatic N) is 1. The standard InChI is InChI=1S/C29H23NO7/c1-15-8-10-16(11-9-15)24-22-23(29(37-24)25(31)18-6-4-5-7-19(18)26(29)32)28(34)30(27(22)33)20-13-12-17(35-2)14-21(20)36-3/h4-14,22-24H,1-3H3/t22-,23+,24+/m0/s1. The van der Waals surface area contributed by atoms with Crippen LogP contribution in [0, 0.1) is 18.8 Å². The minimum atomic E-state index is -2.12. The molecule has 1 spiro atoms. The summed E-state index contributed by atoms with van der Waals surface area (Å²) in [7, 11) is 2.91. The van der Waals surface area contributed by atoms with E-state index in [0.29, 0.717) is 11.3 Å². The van der Waals surface area contributed by atoms with E-state index in [1.165, 1.54) is 14.2 Å². The van der Waals surface area contributed by atoms with Crippen molar-refractivity contribution in [3.8, 4) is 11.5 Å². The Labute approximate surface area is 212 Å². The Hall–Kier alpha value is -4.30. The second kappa shape index (κ2) is 8.11. The Morgan fingerprint density at radius 3 is 2.05 bits per heavy atom. The van der Waals surface area contributed by atoms with E-state index in [4.69, 9.17) is 14.2 Å². The van der Waals surface area contributed by atoms with Crippen molar-refractivity contribution >= 4 is 29.1 Å². The number of anilines is 1. The second-order valence-electron chi connectivity index (χ2n) is 9.44. The van der Waals surface area contributed by atoms with Gasteiger partial charge >= 0.3 is 0 Å². The zero-order valence-corrected chi connectivity index (χ0v) is 20.4. The number of carbonyl (C=O) groups is 4. The zero-order valence-electron chi connectivity index (χ0n) is 20.4. The highest BCUT2D eigenvalue weighted by atomic mass is 16.5. The summed E-state index contributed by atoms with van der Waals surface area (Å²) in [6.07, 6.45) is -0.974. The topological polar surface area (TPSA) is 99.2 Å². The van der Waals surface area contributed by atoms with E-state index < -0.39 is 46.9 Å². The van der Waals surface area contributed by atoms with Gasteiger partial charge in [-0.1, -0.05) is 54.1 Å². The van der Waals surface area contributed by atoms with Crippen molar-refractivity contribution in [1.29, 1.82) is 0 Å². The number of carbonyl (C=O) groups excluding carboxylic acids is 4. The molecule has 0 saturated carbocycles. The van der Waals surface area contributed by atoms with Crippen LogP contribution in [0.5, 0.6) is 11.5 Å². The maximum absolute atomic E-state index is 14.1. The lowest BCUT2D eigenvalue weighted by atomic mass is 9.77. The third kappa shape index (κ3) is 2.99. The van der Waals surface area contributed by atoms with Gasteiger partial charge in [-0.15, -0.1) is 0 Å². The molecule has 2 aliphatic heterocycles. The van der Waals surface area contributed by atoms with E-state index in [1.54, 1.807) is 54.6 Å². The fourth-order valence-electron chi connectivity index (χ4n) is 5.78. The van der Waals surface area contributed by atoms with Gasteiger partial charge in [-0.2, -0.15) is 0 Å². The third-order valence-corrected chi connectivity index (χ3v) is 7.55. The molecule has 0 N–H and O–H groups in total.